The molecule has 0 saturated carbocycles. The topological polar surface area (TPSA) is 54.0 Å². The van der Waals surface area contributed by atoms with Gasteiger partial charge in [-0.2, -0.15) is 0 Å². The van der Waals surface area contributed by atoms with E-state index < -0.39 is 0 Å². The summed E-state index contributed by atoms with van der Waals surface area (Å²) in [4.78, 5) is 16.4. The number of para-hydroxylation sites is 1. The summed E-state index contributed by atoms with van der Waals surface area (Å²) in [5.41, 5.74) is 4.94. The molecule has 0 aliphatic heterocycles. The number of aromatic nitrogens is 1. The summed E-state index contributed by atoms with van der Waals surface area (Å²) in [6.07, 6.45) is 5.40. The van der Waals surface area contributed by atoms with Crippen LogP contribution in [0.2, 0.25) is 0 Å². The molecule has 1 aromatic carbocycles. The van der Waals surface area contributed by atoms with Gasteiger partial charge in [-0.3, -0.25) is 9.78 Å². The summed E-state index contributed by atoms with van der Waals surface area (Å²) in [5, 5.41) is 6.37. The number of aryl methyl sites for hydroxylation is 1. The zero-order chi connectivity index (χ0) is 17.5. The Bertz CT molecular complexity index is 695. The van der Waals surface area contributed by atoms with E-state index in [-0.39, 0.29) is 5.91 Å². The number of unbranched alkanes of at least 4 members (excludes halogenated alkanes) is 1. The molecule has 1 amide bonds. The molecule has 4 nitrogen and oxygen atoms in total. The van der Waals surface area contributed by atoms with Crippen LogP contribution in [-0.4, -0.2) is 17.4 Å². The monoisotopic (exact) mass is 325 g/mol. The number of anilines is 2. The van der Waals surface area contributed by atoms with Crippen molar-refractivity contribution < 1.29 is 4.79 Å². The third-order valence-corrected chi connectivity index (χ3v) is 4.01. The molecule has 0 aliphatic rings. The van der Waals surface area contributed by atoms with E-state index in [1.807, 2.05) is 6.07 Å². The first-order chi connectivity index (χ1) is 11.5. The maximum Gasteiger partial charge on any atom is 0.252 e. The van der Waals surface area contributed by atoms with E-state index >= 15 is 0 Å². The van der Waals surface area contributed by atoms with E-state index in [1.54, 1.807) is 12.4 Å². The maximum atomic E-state index is 12.2. The number of hydrogen-bond acceptors (Lipinski definition) is 3. The van der Waals surface area contributed by atoms with Crippen LogP contribution < -0.4 is 10.6 Å². The van der Waals surface area contributed by atoms with Gasteiger partial charge >= 0.3 is 0 Å². The van der Waals surface area contributed by atoms with Gasteiger partial charge in [0.2, 0.25) is 0 Å². The third-order valence-electron chi connectivity index (χ3n) is 4.01. The Labute approximate surface area is 144 Å². The van der Waals surface area contributed by atoms with Crippen molar-refractivity contribution in [2.75, 3.05) is 11.9 Å². The van der Waals surface area contributed by atoms with E-state index in [4.69, 9.17) is 0 Å². The molecule has 0 spiro atoms. The molecule has 0 atom stereocenters. The fraction of sp³-hybridized carbons (Fsp3) is 0.400. The molecule has 1 heterocycles. The Balaban J connectivity index is 2.20. The summed E-state index contributed by atoms with van der Waals surface area (Å²) >= 11 is 0. The van der Waals surface area contributed by atoms with Crippen molar-refractivity contribution in [1.82, 2.24) is 10.3 Å². The number of carbonyl (C=O) groups excluding carboxylic acids is 1. The van der Waals surface area contributed by atoms with E-state index in [9.17, 15) is 4.79 Å². The number of nitrogens with zero attached hydrogens (tertiary/aromatic N) is 1. The van der Waals surface area contributed by atoms with Crippen molar-refractivity contribution in [3.05, 3.63) is 53.3 Å². The highest BCUT2D eigenvalue weighted by atomic mass is 16.1. The lowest BCUT2D eigenvalue weighted by atomic mass is 9.98. The molecule has 4 heteroatoms. The zero-order valence-corrected chi connectivity index (χ0v) is 15.0. The molecule has 24 heavy (non-hydrogen) atoms. The molecule has 2 N–H and O–H groups in total. The Morgan fingerprint density at radius 3 is 2.75 bits per heavy atom. The van der Waals surface area contributed by atoms with Crippen LogP contribution in [0.1, 0.15) is 61.0 Å². The zero-order valence-electron chi connectivity index (χ0n) is 15.0. The molecule has 2 aromatic rings. The first-order valence-corrected chi connectivity index (χ1v) is 8.62. The van der Waals surface area contributed by atoms with Crippen LogP contribution in [0.3, 0.4) is 0 Å². The van der Waals surface area contributed by atoms with Gasteiger partial charge < -0.3 is 10.6 Å². The van der Waals surface area contributed by atoms with Crippen LogP contribution in [0.15, 0.2) is 36.7 Å². The van der Waals surface area contributed by atoms with E-state index in [0.717, 1.165) is 24.2 Å². The fourth-order valence-corrected chi connectivity index (χ4v) is 2.60. The van der Waals surface area contributed by atoms with E-state index in [2.05, 4.69) is 61.5 Å². The minimum absolute atomic E-state index is 0.0755. The van der Waals surface area contributed by atoms with Crippen molar-refractivity contribution in [2.24, 2.45) is 0 Å². The number of pyridine rings is 1. The SMILES string of the molecule is CCCCNC(=O)c1cncc(Nc2c(C)cccc2C(C)C)c1. The molecular formula is C20H27N3O. The van der Waals surface area contributed by atoms with Crippen LogP contribution in [0.5, 0.6) is 0 Å². The smallest absolute Gasteiger partial charge is 0.252 e. The molecule has 0 aliphatic carbocycles. The highest BCUT2D eigenvalue weighted by Gasteiger charge is 2.11. The second-order valence-electron chi connectivity index (χ2n) is 6.39. The molecule has 0 unspecified atom stereocenters. The standard InChI is InChI=1S/C20H27N3O/c1-5-6-10-22-20(24)16-11-17(13-21-12-16)23-19-15(4)8-7-9-18(19)14(2)3/h7-9,11-14,23H,5-6,10H2,1-4H3,(H,22,24). The lowest BCUT2D eigenvalue weighted by Gasteiger charge is -2.17. The summed E-state index contributed by atoms with van der Waals surface area (Å²) in [7, 11) is 0. The van der Waals surface area contributed by atoms with Crippen LogP contribution >= 0.6 is 0 Å². The van der Waals surface area contributed by atoms with Crippen LogP contribution in [0.4, 0.5) is 11.4 Å². The average molecular weight is 325 g/mol. The van der Waals surface area contributed by atoms with Crippen molar-refractivity contribution in [1.29, 1.82) is 0 Å². The number of rotatable bonds is 7. The molecule has 0 saturated heterocycles. The molecular weight excluding hydrogens is 298 g/mol. The average Bonchev–Trinajstić information content (AvgIpc) is 2.57. The van der Waals surface area contributed by atoms with E-state index in [0.29, 0.717) is 18.0 Å². The molecule has 0 bridgehead atoms. The van der Waals surface area contributed by atoms with Crippen molar-refractivity contribution in [3.63, 3.8) is 0 Å². The summed E-state index contributed by atoms with van der Waals surface area (Å²) in [5.74, 6) is 0.342. The second-order valence-corrected chi connectivity index (χ2v) is 6.39. The summed E-state index contributed by atoms with van der Waals surface area (Å²) in [6, 6.07) is 8.15. The van der Waals surface area contributed by atoms with Gasteiger partial charge in [-0.15, -0.1) is 0 Å². The van der Waals surface area contributed by atoms with Gasteiger partial charge in [0.25, 0.3) is 5.91 Å². The molecule has 128 valence electrons. The Morgan fingerprint density at radius 1 is 1.25 bits per heavy atom. The van der Waals surface area contributed by atoms with Gasteiger partial charge in [0.05, 0.1) is 17.4 Å². The minimum atomic E-state index is -0.0755. The number of amides is 1. The van der Waals surface area contributed by atoms with Gasteiger partial charge in [0.15, 0.2) is 0 Å². The molecule has 2 rings (SSSR count). The first-order valence-electron chi connectivity index (χ1n) is 8.62. The first kappa shape index (κ1) is 18.0. The van der Waals surface area contributed by atoms with Gasteiger partial charge in [0, 0.05) is 18.4 Å². The minimum Gasteiger partial charge on any atom is -0.354 e. The predicted octanol–water partition coefficient (Wildman–Crippen LogP) is 4.79. The third kappa shape index (κ3) is 4.57. The number of nitrogens with one attached hydrogen (secondary N) is 2. The lowest BCUT2D eigenvalue weighted by Crippen LogP contribution is -2.24. The highest BCUT2D eigenvalue weighted by molar-refractivity contribution is 5.94. The molecule has 1 aromatic heterocycles. The van der Waals surface area contributed by atoms with Gasteiger partial charge in [-0.1, -0.05) is 45.4 Å². The van der Waals surface area contributed by atoms with Gasteiger partial charge in [-0.25, -0.2) is 0 Å². The van der Waals surface area contributed by atoms with Crippen molar-refractivity contribution >= 4 is 17.3 Å². The normalized spacial score (nSPS) is 10.7. The Morgan fingerprint density at radius 2 is 2.04 bits per heavy atom. The number of benzene rings is 1. The Kier molecular flexibility index (Phi) is 6.36. The van der Waals surface area contributed by atoms with E-state index in [1.165, 1.54) is 11.1 Å². The van der Waals surface area contributed by atoms with Crippen molar-refractivity contribution in [2.45, 2.75) is 46.5 Å². The van der Waals surface area contributed by atoms with Gasteiger partial charge in [0.1, 0.15) is 0 Å². The Hall–Kier alpha value is -2.36. The van der Waals surface area contributed by atoms with Crippen LogP contribution in [0, 0.1) is 6.92 Å². The van der Waals surface area contributed by atoms with Crippen LogP contribution in [0.25, 0.3) is 0 Å². The largest absolute Gasteiger partial charge is 0.354 e. The quantitative estimate of drug-likeness (QED) is 0.720. The second kappa shape index (κ2) is 8.48. The number of hydrogen-bond donors (Lipinski definition) is 2. The van der Waals surface area contributed by atoms with Crippen molar-refractivity contribution in [3.8, 4) is 0 Å². The number of carbonyl (C=O) groups is 1. The summed E-state index contributed by atoms with van der Waals surface area (Å²) < 4.78 is 0. The van der Waals surface area contributed by atoms with Gasteiger partial charge in [-0.05, 0) is 36.5 Å². The maximum absolute atomic E-state index is 12.2. The lowest BCUT2D eigenvalue weighted by molar-refractivity contribution is 0.0953. The molecule has 0 fully saturated rings. The van der Waals surface area contributed by atoms with Crippen LogP contribution in [-0.2, 0) is 0 Å². The summed E-state index contributed by atoms with van der Waals surface area (Å²) in [6.45, 7) is 9.24. The molecule has 0 radical (unpaired) electrons. The highest BCUT2D eigenvalue weighted by Crippen LogP contribution is 2.30. The fourth-order valence-electron chi connectivity index (χ4n) is 2.60. The predicted molar refractivity (Wildman–Crippen MR) is 100 cm³/mol.